The van der Waals surface area contributed by atoms with Gasteiger partial charge in [-0.25, -0.2) is 9.18 Å². The summed E-state index contributed by atoms with van der Waals surface area (Å²) in [6, 6.07) is 6.80. The molecule has 3 rings (SSSR count). The Morgan fingerprint density at radius 1 is 1.17 bits per heavy atom. The Balaban J connectivity index is 1.58. The number of nitrogens with one attached hydrogen (secondary N) is 1. The zero-order valence-electron chi connectivity index (χ0n) is 14.3. The number of rotatable bonds is 2. The first-order valence-electron chi connectivity index (χ1n) is 8.43. The van der Waals surface area contributed by atoms with Crippen LogP contribution in [0.4, 0.5) is 9.18 Å². The van der Waals surface area contributed by atoms with E-state index in [1.54, 1.807) is 19.0 Å². The van der Waals surface area contributed by atoms with Crippen molar-refractivity contribution in [2.75, 3.05) is 46.8 Å². The van der Waals surface area contributed by atoms with E-state index in [1.165, 1.54) is 17.7 Å². The Bertz CT molecular complexity index is 606. The highest BCUT2D eigenvalue weighted by molar-refractivity contribution is 5.74. The van der Waals surface area contributed by atoms with E-state index < -0.39 is 0 Å². The molecular formula is C18H25FN4O. The number of hydrogen-bond donors (Lipinski definition) is 1. The first-order chi connectivity index (χ1) is 11.5. The van der Waals surface area contributed by atoms with Gasteiger partial charge in [-0.1, -0.05) is 18.2 Å². The van der Waals surface area contributed by atoms with Gasteiger partial charge in [0.25, 0.3) is 0 Å². The highest BCUT2D eigenvalue weighted by Gasteiger charge is 2.28. The van der Waals surface area contributed by atoms with Crippen LogP contribution in [0.3, 0.4) is 0 Å². The van der Waals surface area contributed by atoms with Crippen LogP contribution in [-0.4, -0.2) is 73.7 Å². The molecule has 0 aliphatic carbocycles. The van der Waals surface area contributed by atoms with Crippen LogP contribution >= 0.6 is 0 Å². The van der Waals surface area contributed by atoms with Crippen molar-refractivity contribution in [3.8, 4) is 0 Å². The van der Waals surface area contributed by atoms with Crippen molar-refractivity contribution in [1.82, 2.24) is 20.0 Å². The van der Waals surface area contributed by atoms with Crippen molar-refractivity contribution in [3.63, 3.8) is 0 Å². The van der Waals surface area contributed by atoms with E-state index in [2.05, 4.69) is 16.3 Å². The topological polar surface area (TPSA) is 38.8 Å². The lowest BCUT2D eigenvalue weighted by molar-refractivity contribution is 0.0868. The van der Waals surface area contributed by atoms with Crippen molar-refractivity contribution in [2.24, 2.45) is 0 Å². The molecule has 1 N–H and O–H groups in total. The third-order valence-electron chi connectivity index (χ3n) is 4.74. The fourth-order valence-corrected chi connectivity index (χ4v) is 3.35. The van der Waals surface area contributed by atoms with Crippen LogP contribution in [0.2, 0.25) is 0 Å². The van der Waals surface area contributed by atoms with E-state index in [4.69, 9.17) is 0 Å². The monoisotopic (exact) mass is 332 g/mol. The van der Waals surface area contributed by atoms with Gasteiger partial charge in [-0.15, -0.1) is 0 Å². The third kappa shape index (κ3) is 3.76. The summed E-state index contributed by atoms with van der Waals surface area (Å²) in [7, 11) is 3.58. The van der Waals surface area contributed by atoms with Gasteiger partial charge < -0.3 is 9.80 Å². The number of hydrogen-bond acceptors (Lipinski definition) is 3. The summed E-state index contributed by atoms with van der Waals surface area (Å²) in [6.45, 7) is 4.06. The van der Waals surface area contributed by atoms with E-state index >= 15 is 0 Å². The number of halogens is 1. The molecule has 1 aromatic carbocycles. The maximum absolute atomic E-state index is 13.1. The molecule has 2 amide bonds. The number of amides is 2. The maximum Gasteiger partial charge on any atom is 0.319 e. The van der Waals surface area contributed by atoms with Crippen LogP contribution < -0.4 is 5.32 Å². The molecule has 2 heterocycles. The Labute approximate surface area is 142 Å². The van der Waals surface area contributed by atoms with E-state index in [-0.39, 0.29) is 18.0 Å². The Morgan fingerprint density at radius 2 is 1.83 bits per heavy atom. The van der Waals surface area contributed by atoms with E-state index in [9.17, 15) is 9.18 Å². The van der Waals surface area contributed by atoms with Crippen molar-refractivity contribution in [3.05, 3.63) is 41.7 Å². The number of piperazine rings is 1. The molecule has 24 heavy (non-hydrogen) atoms. The Morgan fingerprint density at radius 3 is 2.46 bits per heavy atom. The zero-order valence-corrected chi connectivity index (χ0v) is 14.3. The Kier molecular flexibility index (Phi) is 5.16. The summed E-state index contributed by atoms with van der Waals surface area (Å²) in [4.78, 5) is 17.9. The smallest absolute Gasteiger partial charge is 0.319 e. The van der Waals surface area contributed by atoms with Gasteiger partial charge >= 0.3 is 6.03 Å². The minimum Gasteiger partial charge on any atom is -0.331 e. The number of benzene rings is 1. The molecule has 1 aromatic rings. The fraction of sp³-hybridized carbons (Fsp3) is 0.500. The van der Waals surface area contributed by atoms with Gasteiger partial charge in [0.1, 0.15) is 5.82 Å². The molecule has 0 saturated carbocycles. The average molecular weight is 332 g/mol. The lowest BCUT2D eigenvalue weighted by atomic mass is 9.97. The van der Waals surface area contributed by atoms with Gasteiger partial charge in [0.05, 0.1) is 6.17 Å². The summed E-state index contributed by atoms with van der Waals surface area (Å²) in [5.41, 5.74) is 2.34. The summed E-state index contributed by atoms with van der Waals surface area (Å²) >= 11 is 0. The molecule has 2 aliphatic heterocycles. The predicted octanol–water partition coefficient (Wildman–Crippen LogP) is 1.83. The average Bonchev–Trinajstić information content (AvgIpc) is 2.62. The molecular weight excluding hydrogens is 307 g/mol. The third-order valence-corrected chi connectivity index (χ3v) is 4.74. The van der Waals surface area contributed by atoms with Crippen LogP contribution in [0, 0.1) is 5.82 Å². The molecule has 2 aliphatic rings. The second-order valence-electron chi connectivity index (χ2n) is 6.56. The second kappa shape index (κ2) is 7.32. The van der Waals surface area contributed by atoms with Gasteiger partial charge in [0.2, 0.25) is 0 Å². The van der Waals surface area contributed by atoms with E-state index in [1.807, 2.05) is 17.0 Å². The van der Waals surface area contributed by atoms with E-state index in [0.29, 0.717) is 0 Å². The summed E-state index contributed by atoms with van der Waals surface area (Å²) < 4.78 is 13.1. The van der Waals surface area contributed by atoms with Gasteiger partial charge in [-0.3, -0.25) is 10.2 Å². The maximum atomic E-state index is 13.1. The Hall–Kier alpha value is -1.92. The van der Waals surface area contributed by atoms with Gasteiger partial charge in [-0.2, -0.15) is 0 Å². The zero-order chi connectivity index (χ0) is 17.1. The van der Waals surface area contributed by atoms with Crippen LogP contribution in [0.1, 0.15) is 12.0 Å². The quantitative estimate of drug-likeness (QED) is 0.898. The fourth-order valence-electron chi connectivity index (χ4n) is 3.35. The highest BCUT2D eigenvalue weighted by Crippen LogP contribution is 2.24. The molecule has 1 saturated heterocycles. The van der Waals surface area contributed by atoms with Gasteiger partial charge in [0.15, 0.2) is 0 Å². The highest BCUT2D eigenvalue weighted by atomic mass is 19.1. The normalized spacial score (nSPS) is 22.2. The first-order valence-corrected chi connectivity index (χ1v) is 8.43. The number of carbonyl (C=O) groups is 1. The molecule has 0 unspecified atom stereocenters. The summed E-state index contributed by atoms with van der Waals surface area (Å²) in [5.74, 6) is -0.202. The van der Waals surface area contributed by atoms with Gasteiger partial charge in [-0.05, 0) is 23.3 Å². The molecule has 130 valence electrons. The number of nitrogens with zero attached hydrogens (tertiary/aromatic N) is 3. The van der Waals surface area contributed by atoms with Crippen LogP contribution in [0.25, 0.3) is 5.57 Å². The minimum atomic E-state index is -0.202. The summed E-state index contributed by atoms with van der Waals surface area (Å²) in [5, 5.41) is 3.53. The van der Waals surface area contributed by atoms with Crippen molar-refractivity contribution < 1.29 is 9.18 Å². The predicted molar refractivity (Wildman–Crippen MR) is 93.0 cm³/mol. The van der Waals surface area contributed by atoms with E-state index in [0.717, 1.165) is 44.7 Å². The van der Waals surface area contributed by atoms with Crippen molar-refractivity contribution in [2.45, 2.75) is 12.6 Å². The largest absolute Gasteiger partial charge is 0.331 e. The summed E-state index contributed by atoms with van der Waals surface area (Å²) in [6.07, 6.45) is 3.34. The molecule has 0 bridgehead atoms. The standard InChI is InChI=1S/C18H25FN4O/c1-21(2)18(24)23-11-9-22(10-12-23)17-13-15(7-8-20-17)14-3-5-16(19)6-4-14/h3-7,17,20H,8-13H2,1-2H3/t17-/m1/s1. The van der Waals surface area contributed by atoms with Crippen LogP contribution in [0.15, 0.2) is 30.3 Å². The molecule has 6 heteroatoms. The molecule has 1 atom stereocenters. The minimum absolute atomic E-state index is 0.0816. The van der Waals surface area contributed by atoms with Crippen LogP contribution in [-0.2, 0) is 0 Å². The SMILES string of the molecule is CN(C)C(=O)N1CCN([C@@H]2CC(c3ccc(F)cc3)=CCN2)CC1. The first kappa shape index (κ1) is 16.9. The lowest BCUT2D eigenvalue weighted by Crippen LogP contribution is -2.57. The van der Waals surface area contributed by atoms with Crippen molar-refractivity contribution in [1.29, 1.82) is 0 Å². The molecule has 0 spiro atoms. The molecule has 1 fully saturated rings. The van der Waals surface area contributed by atoms with Gasteiger partial charge in [0, 0.05) is 53.2 Å². The second-order valence-corrected chi connectivity index (χ2v) is 6.56. The number of urea groups is 1. The lowest BCUT2D eigenvalue weighted by Gasteiger charge is -2.41. The molecule has 0 aromatic heterocycles. The van der Waals surface area contributed by atoms with Crippen molar-refractivity contribution >= 4 is 11.6 Å². The molecule has 5 nitrogen and oxygen atoms in total. The number of carbonyl (C=O) groups excluding carboxylic acids is 1. The molecule has 0 radical (unpaired) electrons. The van der Waals surface area contributed by atoms with Crippen LogP contribution in [0.5, 0.6) is 0 Å².